The van der Waals surface area contributed by atoms with Crippen LogP contribution in [0.5, 0.6) is 0 Å². The molecule has 302 valence electrons. The number of hydrogen-bond donors (Lipinski definition) is 4. The van der Waals surface area contributed by atoms with Crippen LogP contribution in [0.4, 0.5) is 14.0 Å². The monoisotopic (exact) mass is 782 g/mol. The molecule has 57 heavy (non-hydrogen) atoms. The smallest absolute Gasteiger partial charge is 0.407 e. The first-order chi connectivity index (χ1) is 27.5. The number of halogens is 1. The minimum absolute atomic E-state index is 0.146. The Morgan fingerprint density at radius 1 is 0.842 bits per heavy atom. The van der Waals surface area contributed by atoms with Gasteiger partial charge in [-0.25, -0.2) is 23.9 Å². The van der Waals surface area contributed by atoms with Crippen molar-refractivity contribution in [3.8, 4) is 33.6 Å². The molecule has 4 aromatic rings. The van der Waals surface area contributed by atoms with Gasteiger partial charge in [0.1, 0.15) is 29.5 Å². The number of carbonyl (C=O) groups excluding carboxylic acids is 4. The summed E-state index contributed by atoms with van der Waals surface area (Å²) in [6, 6.07) is 9.36. The number of H-pyrrole nitrogens is 2. The van der Waals surface area contributed by atoms with Gasteiger partial charge < -0.3 is 39.9 Å². The fourth-order valence-electron chi connectivity index (χ4n) is 8.46. The van der Waals surface area contributed by atoms with E-state index in [0.29, 0.717) is 43.0 Å². The third-order valence-corrected chi connectivity index (χ3v) is 11.5. The summed E-state index contributed by atoms with van der Waals surface area (Å²) < 4.78 is 25.4. The van der Waals surface area contributed by atoms with Crippen molar-refractivity contribution in [3.63, 3.8) is 0 Å². The number of nitrogens with zero attached hydrogens (tertiary/aromatic N) is 4. The quantitative estimate of drug-likeness (QED) is 0.139. The highest BCUT2D eigenvalue weighted by Gasteiger charge is 2.39. The summed E-state index contributed by atoms with van der Waals surface area (Å²) in [7, 11) is 2.55. The highest BCUT2D eigenvalue weighted by Crippen LogP contribution is 2.39. The number of ether oxygens (including phenoxy) is 2. The van der Waals surface area contributed by atoms with E-state index in [1.165, 1.54) is 20.3 Å². The molecule has 4 N–H and O–H groups in total. The first-order valence-corrected chi connectivity index (χ1v) is 19.9. The second-order valence-corrected chi connectivity index (χ2v) is 15.4. The van der Waals surface area contributed by atoms with Crippen LogP contribution < -0.4 is 10.6 Å². The average Bonchev–Trinajstić information content (AvgIpc) is 4.04. The summed E-state index contributed by atoms with van der Waals surface area (Å²) in [5.74, 6) is 0.406. The minimum atomic E-state index is -0.748. The van der Waals surface area contributed by atoms with Crippen LogP contribution in [0, 0.1) is 11.7 Å². The Morgan fingerprint density at radius 3 is 2.16 bits per heavy atom. The summed E-state index contributed by atoms with van der Waals surface area (Å²) in [4.78, 5) is 71.0. The van der Waals surface area contributed by atoms with Gasteiger partial charge in [-0.05, 0) is 86.1 Å². The summed E-state index contributed by atoms with van der Waals surface area (Å²) in [5, 5.41) is 5.32. The number of rotatable bonds is 10. The number of aryl methyl sites for hydroxylation is 2. The van der Waals surface area contributed by atoms with E-state index in [-0.39, 0.29) is 29.8 Å². The zero-order valence-electron chi connectivity index (χ0n) is 33.1. The largest absolute Gasteiger partial charge is 0.453 e. The summed E-state index contributed by atoms with van der Waals surface area (Å²) in [6.07, 6.45) is 6.37. The number of methoxy groups -OCH3 is 2. The Balaban J connectivity index is 1.08. The number of aromatic amines is 2. The normalized spacial score (nSPS) is 18.7. The number of amides is 4. The molecule has 2 aliphatic heterocycles. The van der Waals surface area contributed by atoms with Crippen molar-refractivity contribution in [1.82, 2.24) is 40.4 Å². The summed E-state index contributed by atoms with van der Waals surface area (Å²) >= 11 is 0. The molecule has 0 spiro atoms. The number of fused-ring (bicyclic) bond motifs is 3. The molecule has 15 heteroatoms. The highest BCUT2D eigenvalue weighted by molar-refractivity contribution is 5.87. The van der Waals surface area contributed by atoms with Crippen LogP contribution in [0.15, 0.2) is 42.6 Å². The maximum absolute atomic E-state index is 15.9. The van der Waals surface area contributed by atoms with Crippen LogP contribution in [-0.4, -0.2) is 93.1 Å². The molecule has 0 unspecified atom stereocenters. The molecule has 2 aromatic heterocycles. The number of imidazole rings is 2. The third kappa shape index (κ3) is 7.96. The number of alkyl carbamates (subject to hydrolysis) is 2. The van der Waals surface area contributed by atoms with Gasteiger partial charge in [0, 0.05) is 29.9 Å². The second kappa shape index (κ2) is 16.8. The van der Waals surface area contributed by atoms with Gasteiger partial charge in [-0.3, -0.25) is 9.59 Å². The summed E-state index contributed by atoms with van der Waals surface area (Å²) in [5.41, 5.74) is 6.56. The van der Waals surface area contributed by atoms with Crippen molar-refractivity contribution >= 4 is 24.0 Å². The van der Waals surface area contributed by atoms with E-state index in [1.807, 2.05) is 37.8 Å². The van der Waals surface area contributed by atoms with Gasteiger partial charge in [0.25, 0.3) is 0 Å². The maximum Gasteiger partial charge on any atom is 0.407 e. The van der Waals surface area contributed by atoms with Gasteiger partial charge in [0.05, 0.1) is 43.9 Å². The van der Waals surface area contributed by atoms with Crippen LogP contribution in [0.25, 0.3) is 33.6 Å². The zero-order chi connectivity index (χ0) is 40.4. The maximum atomic E-state index is 15.9. The van der Waals surface area contributed by atoms with Crippen molar-refractivity contribution in [2.45, 2.75) is 96.3 Å². The first-order valence-electron chi connectivity index (χ1n) is 19.9. The average molecular weight is 783 g/mol. The van der Waals surface area contributed by atoms with Crippen LogP contribution in [0.2, 0.25) is 0 Å². The Kier molecular flexibility index (Phi) is 11.6. The lowest BCUT2D eigenvalue weighted by Gasteiger charge is -2.30. The van der Waals surface area contributed by atoms with Crippen molar-refractivity contribution in [2.24, 2.45) is 5.92 Å². The molecule has 1 aliphatic carbocycles. The van der Waals surface area contributed by atoms with Crippen LogP contribution in [0.3, 0.4) is 0 Å². The van der Waals surface area contributed by atoms with Crippen molar-refractivity contribution in [1.29, 1.82) is 0 Å². The lowest BCUT2D eigenvalue weighted by molar-refractivity contribution is -0.135. The van der Waals surface area contributed by atoms with E-state index in [0.717, 1.165) is 78.0 Å². The molecule has 0 bridgehead atoms. The molecule has 3 aliphatic rings. The fourth-order valence-corrected chi connectivity index (χ4v) is 8.46. The lowest BCUT2D eigenvalue weighted by Crippen LogP contribution is -2.51. The minimum Gasteiger partial charge on any atom is -0.453 e. The Bertz CT molecular complexity index is 2150. The van der Waals surface area contributed by atoms with Gasteiger partial charge in [0.2, 0.25) is 11.8 Å². The number of nitrogens with one attached hydrogen (secondary N) is 4. The molecule has 0 radical (unpaired) electrons. The predicted octanol–water partition coefficient (Wildman–Crippen LogP) is 6.60. The molecule has 4 heterocycles. The van der Waals surface area contributed by atoms with Crippen LogP contribution >= 0.6 is 0 Å². The van der Waals surface area contributed by atoms with Gasteiger partial charge in [-0.15, -0.1) is 0 Å². The molecule has 7 rings (SSSR count). The van der Waals surface area contributed by atoms with E-state index < -0.39 is 30.1 Å². The molecule has 14 nitrogen and oxygen atoms in total. The van der Waals surface area contributed by atoms with Gasteiger partial charge in [0.15, 0.2) is 0 Å². The molecule has 4 amide bonds. The van der Waals surface area contributed by atoms with Crippen molar-refractivity contribution in [3.05, 3.63) is 71.3 Å². The standard InChI is InChI=1S/C42H51FN8O6/c1-6-30(47-41(54)56-4)39(52)50-18-9-13-34(50)38-45-31-11-7-10-26-20-24(14-16-27(26)36(31)48-38)25-15-17-28(29(43)21-25)32-22-44-37(46-32)33-12-8-19-51(33)40(53)35(23(2)3)49-42(55)57-5/h14-17,20-23,30,33-35H,6-13,18-19H2,1-5H3,(H,44,46)(H,45,48)(H,47,54)(H,49,55)/t30-,33-,34-,35-/m0/s1. The first kappa shape index (κ1) is 39.5. The van der Waals surface area contributed by atoms with Gasteiger partial charge in [-0.1, -0.05) is 45.0 Å². The van der Waals surface area contributed by atoms with E-state index in [9.17, 15) is 19.2 Å². The SMILES string of the molecule is CC[C@H](NC(=O)OC)C(=O)N1CCC[C@H]1c1nc2c([nH]1)CCCc1cc(-c3ccc(-c4cnc([C@@H]5CCCN5C(=O)[C@@H](NC(=O)OC)C(C)C)[nH]4)c(F)c3)ccc1-2. The molecular formula is C42H51FN8O6. The van der Waals surface area contributed by atoms with Crippen LogP contribution in [0.1, 0.15) is 94.3 Å². The Hall–Kier alpha value is -5.73. The summed E-state index contributed by atoms with van der Waals surface area (Å²) in [6.45, 7) is 6.70. The predicted molar refractivity (Wildman–Crippen MR) is 210 cm³/mol. The number of benzene rings is 2. The van der Waals surface area contributed by atoms with E-state index >= 15 is 4.39 Å². The number of likely N-dealkylation sites (tertiary alicyclic amines) is 2. The van der Waals surface area contributed by atoms with E-state index in [2.05, 4.69) is 37.7 Å². The van der Waals surface area contributed by atoms with E-state index in [1.54, 1.807) is 17.2 Å². The molecule has 2 fully saturated rings. The number of aromatic nitrogens is 4. The molecule has 2 saturated heterocycles. The fraction of sp³-hybridized carbons (Fsp3) is 0.476. The zero-order valence-corrected chi connectivity index (χ0v) is 33.1. The molecule has 2 aromatic carbocycles. The number of hydrogen-bond acceptors (Lipinski definition) is 8. The number of carbonyl (C=O) groups is 4. The molecule has 0 saturated carbocycles. The topological polar surface area (TPSA) is 175 Å². The van der Waals surface area contributed by atoms with Crippen molar-refractivity contribution < 1.29 is 33.0 Å². The van der Waals surface area contributed by atoms with Crippen molar-refractivity contribution in [2.75, 3.05) is 27.3 Å². The third-order valence-electron chi connectivity index (χ3n) is 11.5. The van der Waals surface area contributed by atoms with E-state index in [4.69, 9.17) is 14.5 Å². The highest BCUT2D eigenvalue weighted by atomic mass is 19.1. The van der Waals surface area contributed by atoms with Crippen LogP contribution in [-0.2, 0) is 31.9 Å². The second-order valence-electron chi connectivity index (χ2n) is 15.4. The van der Waals surface area contributed by atoms with Gasteiger partial charge >= 0.3 is 12.2 Å². The van der Waals surface area contributed by atoms with Gasteiger partial charge in [-0.2, -0.15) is 0 Å². The lowest BCUT2D eigenvalue weighted by atomic mass is 9.95. The molecular weight excluding hydrogens is 732 g/mol. The molecule has 4 atom stereocenters. The Morgan fingerprint density at radius 2 is 1.49 bits per heavy atom. The Labute approximate surface area is 331 Å².